The third-order valence-electron chi connectivity index (χ3n) is 1.96. The van der Waals surface area contributed by atoms with Crippen LogP contribution >= 0.6 is 0 Å². The molecule has 0 aliphatic heterocycles. The molecule has 0 aromatic heterocycles. The van der Waals surface area contributed by atoms with Gasteiger partial charge >= 0.3 is 0 Å². The van der Waals surface area contributed by atoms with Gasteiger partial charge in [-0.3, -0.25) is 4.79 Å². The molecule has 0 spiro atoms. The smallest absolute Gasteiger partial charge is 0.150 e. The molecule has 1 aromatic rings. The molecule has 0 fully saturated rings. The summed E-state index contributed by atoms with van der Waals surface area (Å²) in [6.07, 6.45) is 3.55. The topological polar surface area (TPSA) is 55.6 Å². The summed E-state index contributed by atoms with van der Waals surface area (Å²) in [5.74, 6) is 4.26. The Balaban J connectivity index is 3.07. The van der Waals surface area contributed by atoms with Gasteiger partial charge in [-0.15, -0.1) is 0 Å². The quantitative estimate of drug-likeness (QED) is 0.445. The van der Waals surface area contributed by atoms with Gasteiger partial charge in [-0.2, -0.15) is 10.8 Å². The van der Waals surface area contributed by atoms with Gasteiger partial charge in [0, 0.05) is 18.8 Å². The van der Waals surface area contributed by atoms with Crippen LogP contribution < -0.4 is 11.4 Å². The van der Waals surface area contributed by atoms with Crippen molar-refractivity contribution in [3.05, 3.63) is 35.3 Å². The summed E-state index contributed by atoms with van der Waals surface area (Å²) in [6.45, 7) is 0. The van der Waals surface area contributed by atoms with Gasteiger partial charge in [0.15, 0.2) is 6.29 Å². The summed E-state index contributed by atoms with van der Waals surface area (Å²) >= 11 is 0. The molecule has 6 heteroatoms. The minimum atomic E-state index is -0.623. The van der Waals surface area contributed by atoms with E-state index in [4.69, 9.17) is 13.7 Å². The van der Waals surface area contributed by atoms with Crippen molar-refractivity contribution in [3.63, 3.8) is 0 Å². The number of nitrogens with zero attached hydrogens (tertiary/aromatic N) is 1. The maximum atomic E-state index is 13.0. The lowest BCUT2D eigenvalue weighted by Crippen LogP contribution is -2.16. The zero-order chi connectivity index (χ0) is 12.1. The lowest BCUT2D eigenvalue weighted by Gasteiger charge is -2.08. The number of nitrogens with two attached hydrogens (primary N) is 1. The minimum absolute atomic E-state index is 0.0263. The standard InChI is InChI=1S/C10H10BFN2O2/c1-14(16-13)3-2-7-4-9(11)10(12)5-8(7)6-15/h2-6H,13H2,1H3/b3-2-. The molecular formula is C10H10BFN2O2. The highest BCUT2D eigenvalue weighted by molar-refractivity contribution is 6.32. The first-order chi connectivity index (χ1) is 7.58. The fourth-order valence-corrected chi connectivity index (χ4v) is 1.09. The van der Waals surface area contributed by atoms with Crippen LogP contribution in [0.5, 0.6) is 0 Å². The molecule has 0 unspecified atom stereocenters. The van der Waals surface area contributed by atoms with E-state index in [1.54, 1.807) is 7.05 Å². The van der Waals surface area contributed by atoms with Crippen molar-refractivity contribution in [3.8, 4) is 0 Å². The molecule has 1 aromatic carbocycles. The van der Waals surface area contributed by atoms with Crippen molar-refractivity contribution < 1.29 is 14.1 Å². The third kappa shape index (κ3) is 2.92. The lowest BCUT2D eigenvalue weighted by atomic mass is 9.91. The first kappa shape index (κ1) is 12.4. The number of hydrogen-bond donors (Lipinski definition) is 1. The van der Waals surface area contributed by atoms with Crippen molar-refractivity contribution >= 4 is 25.7 Å². The van der Waals surface area contributed by atoms with E-state index in [-0.39, 0.29) is 11.0 Å². The van der Waals surface area contributed by atoms with Crippen LogP contribution in [-0.4, -0.2) is 26.2 Å². The maximum absolute atomic E-state index is 13.0. The van der Waals surface area contributed by atoms with E-state index in [9.17, 15) is 9.18 Å². The number of aldehydes is 1. The number of halogens is 1. The van der Waals surface area contributed by atoms with Gasteiger partial charge in [-0.25, -0.2) is 9.45 Å². The second-order valence-corrected chi connectivity index (χ2v) is 3.09. The summed E-state index contributed by atoms with van der Waals surface area (Å²) in [5.41, 5.74) is 0.660. The molecule has 0 aliphatic carbocycles. The molecule has 0 atom stereocenters. The Bertz CT molecular complexity index is 424. The molecule has 2 radical (unpaired) electrons. The van der Waals surface area contributed by atoms with Crippen LogP contribution in [0.3, 0.4) is 0 Å². The summed E-state index contributed by atoms with van der Waals surface area (Å²) in [5, 5.41) is 1.22. The van der Waals surface area contributed by atoms with Gasteiger partial charge in [-0.05, 0) is 17.7 Å². The first-order valence-electron chi connectivity index (χ1n) is 4.40. The average Bonchev–Trinajstić information content (AvgIpc) is 2.29. The summed E-state index contributed by atoms with van der Waals surface area (Å²) < 4.78 is 13.0. The predicted octanol–water partition coefficient (Wildman–Crippen LogP) is 0.140. The number of benzene rings is 1. The molecule has 0 saturated carbocycles. The van der Waals surface area contributed by atoms with E-state index in [1.165, 1.54) is 23.4 Å². The first-order valence-corrected chi connectivity index (χ1v) is 4.40. The molecule has 4 nitrogen and oxygen atoms in total. The molecule has 2 N–H and O–H groups in total. The van der Waals surface area contributed by atoms with Crippen LogP contribution in [0.25, 0.3) is 6.08 Å². The fraction of sp³-hybridized carbons (Fsp3) is 0.100. The SMILES string of the molecule is [B]c1cc(/C=C\N(C)ON)c(C=O)cc1F. The zero-order valence-electron chi connectivity index (χ0n) is 8.68. The maximum Gasteiger partial charge on any atom is 0.150 e. The highest BCUT2D eigenvalue weighted by Crippen LogP contribution is 2.09. The largest absolute Gasteiger partial charge is 0.298 e. The highest BCUT2D eigenvalue weighted by Gasteiger charge is 2.04. The van der Waals surface area contributed by atoms with E-state index in [1.807, 2.05) is 0 Å². The van der Waals surface area contributed by atoms with Crippen LogP contribution in [0.1, 0.15) is 15.9 Å². The molecule has 16 heavy (non-hydrogen) atoms. The molecule has 0 bridgehead atoms. The Morgan fingerprint density at radius 2 is 2.19 bits per heavy atom. The number of carbonyl (C=O) groups excluding carboxylic acids is 1. The predicted molar refractivity (Wildman–Crippen MR) is 59.2 cm³/mol. The van der Waals surface area contributed by atoms with E-state index in [0.29, 0.717) is 11.8 Å². The number of hydroxylamine groups is 2. The summed E-state index contributed by atoms with van der Waals surface area (Å²) in [7, 11) is 6.95. The Morgan fingerprint density at radius 3 is 2.75 bits per heavy atom. The zero-order valence-corrected chi connectivity index (χ0v) is 8.68. The Labute approximate surface area is 93.8 Å². The van der Waals surface area contributed by atoms with Crippen molar-refractivity contribution in [2.24, 2.45) is 5.90 Å². The van der Waals surface area contributed by atoms with Crippen LogP contribution in [0.15, 0.2) is 18.3 Å². The van der Waals surface area contributed by atoms with Gasteiger partial charge in [0.05, 0.1) is 0 Å². The minimum Gasteiger partial charge on any atom is -0.298 e. The molecule has 0 amide bonds. The second-order valence-electron chi connectivity index (χ2n) is 3.09. The van der Waals surface area contributed by atoms with Crippen LogP contribution in [0, 0.1) is 5.82 Å². The highest BCUT2D eigenvalue weighted by atomic mass is 19.1. The van der Waals surface area contributed by atoms with Crippen molar-refractivity contribution in [2.75, 3.05) is 7.05 Å². The van der Waals surface area contributed by atoms with Gasteiger partial charge in [-0.1, -0.05) is 11.5 Å². The Hall–Kier alpha value is -1.66. The summed E-state index contributed by atoms with van der Waals surface area (Å²) in [6, 6.07) is 2.44. The van der Waals surface area contributed by atoms with E-state index in [2.05, 4.69) is 4.94 Å². The second kappa shape index (κ2) is 5.43. The van der Waals surface area contributed by atoms with Gasteiger partial charge in [0.1, 0.15) is 13.7 Å². The lowest BCUT2D eigenvalue weighted by molar-refractivity contribution is -0.103. The van der Waals surface area contributed by atoms with Crippen LogP contribution in [0.4, 0.5) is 4.39 Å². The van der Waals surface area contributed by atoms with E-state index >= 15 is 0 Å². The van der Waals surface area contributed by atoms with Crippen molar-refractivity contribution in [2.45, 2.75) is 0 Å². The van der Waals surface area contributed by atoms with E-state index < -0.39 is 5.82 Å². The fourth-order valence-electron chi connectivity index (χ4n) is 1.09. The molecule has 0 saturated heterocycles. The third-order valence-corrected chi connectivity index (χ3v) is 1.96. The van der Waals surface area contributed by atoms with Gasteiger partial charge in [0.25, 0.3) is 0 Å². The van der Waals surface area contributed by atoms with Gasteiger partial charge < -0.3 is 0 Å². The van der Waals surface area contributed by atoms with E-state index in [0.717, 1.165) is 6.07 Å². The number of hydrogen-bond acceptors (Lipinski definition) is 4. The molecular weight excluding hydrogens is 210 g/mol. The Kier molecular flexibility index (Phi) is 4.22. The van der Waals surface area contributed by atoms with Crippen molar-refractivity contribution in [1.82, 2.24) is 5.06 Å². The van der Waals surface area contributed by atoms with Crippen molar-refractivity contribution in [1.29, 1.82) is 0 Å². The summed E-state index contributed by atoms with van der Waals surface area (Å²) in [4.78, 5) is 15.0. The number of rotatable bonds is 4. The normalized spacial score (nSPS) is 10.7. The molecule has 0 aliphatic rings. The molecule has 1 rings (SSSR count). The van der Waals surface area contributed by atoms with Crippen LogP contribution in [-0.2, 0) is 4.94 Å². The monoisotopic (exact) mass is 220 g/mol. The Morgan fingerprint density at radius 1 is 1.50 bits per heavy atom. The van der Waals surface area contributed by atoms with Gasteiger partial charge in [0.2, 0.25) is 0 Å². The average molecular weight is 220 g/mol. The van der Waals surface area contributed by atoms with Crippen LogP contribution in [0.2, 0.25) is 0 Å². The number of carbonyl (C=O) groups is 1. The molecule has 82 valence electrons. The molecule has 0 heterocycles.